The summed E-state index contributed by atoms with van der Waals surface area (Å²) in [4.78, 5) is 19.6. The van der Waals surface area contributed by atoms with Crippen LogP contribution >= 0.6 is 23.4 Å². The van der Waals surface area contributed by atoms with E-state index in [0.717, 1.165) is 28.1 Å². The number of aromatic nitrogens is 4. The van der Waals surface area contributed by atoms with E-state index in [9.17, 15) is 4.79 Å². The molecule has 27 heavy (non-hydrogen) atoms. The molecule has 0 amide bonds. The SMILES string of the molecule is O=C(O)c1cnn(-c2nc3cc(SCCc4ccccc4)c(Cl)cc3[nH]2)c1. The third-order valence-electron chi connectivity index (χ3n) is 4.06. The van der Waals surface area contributed by atoms with Gasteiger partial charge in [0.2, 0.25) is 5.95 Å². The number of thioether (sulfide) groups is 1. The van der Waals surface area contributed by atoms with Gasteiger partial charge in [-0.05, 0) is 24.1 Å². The fourth-order valence-electron chi connectivity index (χ4n) is 2.69. The topological polar surface area (TPSA) is 83.8 Å². The van der Waals surface area contributed by atoms with E-state index in [1.807, 2.05) is 30.3 Å². The van der Waals surface area contributed by atoms with Gasteiger partial charge in [0.25, 0.3) is 0 Å². The normalized spacial score (nSPS) is 11.1. The van der Waals surface area contributed by atoms with Gasteiger partial charge in [0.15, 0.2) is 0 Å². The Morgan fingerprint density at radius 2 is 2.07 bits per heavy atom. The van der Waals surface area contributed by atoms with Crippen LogP contribution in [0.25, 0.3) is 17.0 Å². The van der Waals surface area contributed by atoms with Gasteiger partial charge in [0.1, 0.15) is 0 Å². The molecule has 136 valence electrons. The van der Waals surface area contributed by atoms with Gasteiger partial charge in [0, 0.05) is 16.8 Å². The molecule has 4 rings (SSSR count). The first-order valence-corrected chi connectivity index (χ1v) is 9.61. The second-order valence-corrected chi connectivity index (χ2v) is 7.47. The maximum Gasteiger partial charge on any atom is 0.338 e. The van der Waals surface area contributed by atoms with E-state index < -0.39 is 5.97 Å². The number of fused-ring (bicyclic) bond motifs is 1. The number of carboxylic acids is 1. The van der Waals surface area contributed by atoms with Gasteiger partial charge in [-0.2, -0.15) is 5.10 Å². The number of hydrogen-bond donors (Lipinski definition) is 2. The van der Waals surface area contributed by atoms with Crippen LogP contribution in [0.5, 0.6) is 0 Å². The number of imidazole rings is 1. The molecule has 2 heterocycles. The summed E-state index contributed by atoms with van der Waals surface area (Å²) in [6, 6.07) is 14.1. The van der Waals surface area contributed by atoms with Crippen LogP contribution in [0.15, 0.2) is 59.8 Å². The molecule has 0 aliphatic heterocycles. The number of aryl methyl sites for hydroxylation is 1. The molecule has 0 unspecified atom stereocenters. The molecule has 0 spiro atoms. The van der Waals surface area contributed by atoms with Crippen LogP contribution in [-0.4, -0.2) is 36.6 Å². The van der Waals surface area contributed by atoms with Gasteiger partial charge in [0.05, 0.1) is 27.8 Å². The highest BCUT2D eigenvalue weighted by atomic mass is 35.5. The molecule has 2 aromatic heterocycles. The van der Waals surface area contributed by atoms with E-state index >= 15 is 0 Å². The number of rotatable bonds is 6. The molecule has 0 radical (unpaired) electrons. The zero-order valence-electron chi connectivity index (χ0n) is 14.1. The third-order valence-corrected chi connectivity index (χ3v) is 5.54. The summed E-state index contributed by atoms with van der Waals surface area (Å²) in [6.45, 7) is 0. The van der Waals surface area contributed by atoms with Crippen LogP contribution < -0.4 is 0 Å². The van der Waals surface area contributed by atoms with Crippen molar-refractivity contribution in [1.29, 1.82) is 0 Å². The second-order valence-electron chi connectivity index (χ2n) is 5.92. The Morgan fingerprint density at radius 1 is 1.26 bits per heavy atom. The number of aromatic carboxylic acids is 1. The largest absolute Gasteiger partial charge is 0.478 e. The van der Waals surface area contributed by atoms with Gasteiger partial charge < -0.3 is 10.1 Å². The van der Waals surface area contributed by atoms with E-state index in [-0.39, 0.29) is 5.56 Å². The molecular weight excluding hydrogens is 384 g/mol. The van der Waals surface area contributed by atoms with Crippen molar-refractivity contribution in [2.45, 2.75) is 11.3 Å². The van der Waals surface area contributed by atoms with Crippen molar-refractivity contribution in [1.82, 2.24) is 19.7 Å². The van der Waals surface area contributed by atoms with Gasteiger partial charge in [-0.1, -0.05) is 41.9 Å². The molecule has 0 saturated heterocycles. The van der Waals surface area contributed by atoms with Crippen molar-refractivity contribution in [3.8, 4) is 5.95 Å². The number of H-pyrrole nitrogens is 1. The van der Waals surface area contributed by atoms with Crippen LogP contribution in [-0.2, 0) is 6.42 Å². The standard InChI is InChI=1S/C19H15ClN4O2S/c20-14-8-15-16(9-17(14)27-7-6-12-4-2-1-3-5-12)23-19(22-15)24-11-13(10-21-24)18(25)26/h1-5,8-11H,6-7H2,(H,22,23)(H,25,26). The minimum Gasteiger partial charge on any atom is -0.478 e. The van der Waals surface area contributed by atoms with Crippen molar-refractivity contribution < 1.29 is 9.90 Å². The smallest absolute Gasteiger partial charge is 0.338 e. The van der Waals surface area contributed by atoms with E-state index in [0.29, 0.717) is 11.0 Å². The molecule has 6 nitrogen and oxygen atoms in total. The van der Waals surface area contributed by atoms with E-state index in [1.54, 1.807) is 11.8 Å². The Bertz CT molecular complexity index is 1110. The number of carboxylic acid groups (broad SMARTS) is 1. The third kappa shape index (κ3) is 3.84. The monoisotopic (exact) mass is 398 g/mol. The van der Waals surface area contributed by atoms with Crippen molar-refractivity contribution in [2.75, 3.05) is 5.75 Å². The predicted octanol–water partition coefficient (Wildman–Crippen LogP) is 4.44. The van der Waals surface area contributed by atoms with Crippen LogP contribution in [0.2, 0.25) is 5.02 Å². The molecule has 0 aliphatic carbocycles. The maximum absolute atomic E-state index is 11.0. The molecule has 2 aromatic carbocycles. The van der Waals surface area contributed by atoms with Crippen molar-refractivity contribution in [2.24, 2.45) is 0 Å². The fourth-order valence-corrected chi connectivity index (χ4v) is 3.97. The zero-order chi connectivity index (χ0) is 18.8. The number of nitrogens with zero attached hydrogens (tertiary/aromatic N) is 3. The van der Waals surface area contributed by atoms with Crippen molar-refractivity contribution in [3.05, 3.63) is 71.0 Å². The summed E-state index contributed by atoms with van der Waals surface area (Å²) in [5, 5.41) is 13.7. The average molecular weight is 399 g/mol. The first kappa shape index (κ1) is 17.6. The summed E-state index contributed by atoms with van der Waals surface area (Å²) in [5.41, 5.74) is 2.92. The van der Waals surface area contributed by atoms with Crippen molar-refractivity contribution >= 4 is 40.4 Å². The molecular formula is C19H15ClN4O2S. The van der Waals surface area contributed by atoms with Gasteiger partial charge >= 0.3 is 5.97 Å². The van der Waals surface area contributed by atoms with E-state index in [1.165, 1.54) is 22.6 Å². The summed E-state index contributed by atoms with van der Waals surface area (Å²) >= 11 is 8.10. The minimum atomic E-state index is -1.03. The van der Waals surface area contributed by atoms with Crippen molar-refractivity contribution in [3.63, 3.8) is 0 Å². The lowest BCUT2D eigenvalue weighted by molar-refractivity contribution is 0.0697. The fraction of sp³-hybridized carbons (Fsp3) is 0.105. The number of halogens is 1. The van der Waals surface area contributed by atoms with E-state index in [4.69, 9.17) is 16.7 Å². The average Bonchev–Trinajstić information content (AvgIpc) is 3.29. The maximum atomic E-state index is 11.0. The summed E-state index contributed by atoms with van der Waals surface area (Å²) in [6.07, 6.45) is 3.65. The molecule has 2 N–H and O–H groups in total. The quantitative estimate of drug-likeness (QED) is 0.469. The van der Waals surface area contributed by atoms with Crippen LogP contribution in [0.3, 0.4) is 0 Å². The molecule has 0 fully saturated rings. The number of aromatic amines is 1. The number of hydrogen-bond acceptors (Lipinski definition) is 4. The van der Waals surface area contributed by atoms with E-state index in [2.05, 4.69) is 27.2 Å². The predicted molar refractivity (Wildman–Crippen MR) is 106 cm³/mol. The van der Waals surface area contributed by atoms with Gasteiger partial charge in [-0.15, -0.1) is 11.8 Å². The van der Waals surface area contributed by atoms with Crippen LogP contribution in [0.4, 0.5) is 0 Å². The van der Waals surface area contributed by atoms with Gasteiger partial charge in [-0.3, -0.25) is 0 Å². The lowest BCUT2D eigenvalue weighted by Gasteiger charge is -2.04. The molecule has 4 aromatic rings. The molecule has 0 saturated carbocycles. The Hall–Kier alpha value is -2.77. The Kier molecular flexibility index (Phi) is 4.87. The zero-order valence-corrected chi connectivity index (χ0v) is 15.7. The number of carbonyl (C=O) groups is 1. The first-order valence-electron chi connectivity index (χ1n) is 8.24. The minimum absolute atomic E-state index is 0.102. The summed E-state index contributed by atoms with van der Waals surface area (Å²) < 4.78 is 1.40. The Labute approximate surface area is 164 Å². The molecule has 0 aliphatic rings. The molecule has 0 atom stereocenters. The molecule has 8 heteroatoms. The highest BCUT2D eigenvalue weighted by molar-refractivity contribution is 7.99. The second kappa shape index (κ2) is 7.46. The number of nitrogens with one attached hydrogen (secondary N) is 1. The highest BCUT2D eigenvalue weighted by Crippen LogP contribution is 2.31. The Morgan fingerprint density at radius 3 is 2.81 bits per heavy atom. The summed E-state index contributed by atoms with van der Waals surface area (Å²) in [5.74, 6) is 0.325. The Balaban J connectivity index is 1.54. The lowest BCUT2D eigenvalue weighted by atomic mass is 10.2. The molecule has 0 bridgehead atoms. The van der Waals surface area contributed by atoms with Crippen LogP contribution in [0.1, 0.15) is 15.9 Å². The lowest BCUT2D eigenvalue weighted by Crippen LogP contribution is -1.97. The highest BCUT2D eigenvalue weighted by Gasteiger charge is 2.12. The van der Waals surface area contributed by atoms with Crippen LogP contribution in [0, 0.1) is 0 Å². The number of benzene rings is 2. The first-order chi connectivity index (χ1) is 13.1. The summed E-state index contributed by atoms with van der Waals surface area (Å²) in [7, 11) is 0. The van der Waals surface area contributed by atoms with Gasteiger partial charge in [-0.25, -0.2) is 14.5 Å².